The van der Waals surface area contributed by atoms with Crippen molar-refractivity contribution in [3.63, 3.8) is 0 Å². The van der Waals surface area contributed by atoms with Crippen LogP contribution in [0, 0.1) is 5.82 Å². The van der Waals surface area contributed by atoms with E-state index in [2.05, 4.69) is 40.8 Å². The van der Waals surface area contributed by atoms with Crippen molar-refractivity contribution < 1.29 is 28.4 Å². The fraction of sp³-hybridized carbons (Fsp3) is 0. The normalized spacial score (nSPS) is 11.2. The molecule has 4 N–H and O–H groups in total. The van der Waals surface area contributed by atoms with Gasteiger partial charge < -0.3 is 19.9 Å². The van der Waals surface area contributed by atoms with Gasteiger partial charge in [-0.1, -0.05) is 12.1 Å². The van der Waals surface area contributed by atoms with Gasteiger partial charge in [0.25, 0.3) is 0 Å². The van der Waals surface area contributed by atoms with Crippen LogP contribution in [0.2, 0.25) is 0 Å². The molecule has 0 saturated heterocycles. The molecule has 3 heterocycles. The van der Waals surface area contributed by atoms with Crippen LogP contribution in [-0.4, -0.2) is 42.7 Å². The number of para-hydroxylation sites is 1. The number of aromatic hydroxyl groups is 1. The summed E-state index contributed by atoms with van der Waals surface area (Å²) in [6.45, 7) is 0. The number of hydrazone groups is 1. The number of benzene rings is 2. The Bertz CT molecular complexity index is 1580. The van der Waals surface area contributed by atoms with Gasteiger partial charge in [-0.15, -0.1) is 0 Å². The Morgan fingerprint density at radius 1 is 1.03 bits per heavy atom. The molecule has 5 rings (SSSR count). The Morgan fingerprint density at radius 2 is 1.80 bits per heavy atom. The van der Waals surface area contributed by atoms with Gasteiger partial charge >= 0.3 is 5.97 Å². The van der Waals surface area contributed by atoms with Crippen molar-refractivity contribution in [2.24, 2.45) is 5.10 Å². The summed E-state index contributed by atoms with van der Waals surface area (Å²) in [4.78, 5) is 19.7. The average Bonchev–Trinajstić information content (AvgIpc) is 3.50. The smallest absolute Gasteiger partial charge is 0.339 e. The molecule has 35 heavy (non-hydrogen) atoms. The molecule has 0 aliphatic rings. The first kappa shape index (κ1) is 21.5. The van der Waals surface area contributed by atoms with Crippen LogP contribution in [0.3, 0.4) is 0 Å². The molecule has 0 atom stereocenters. The average molecular weight is 475 g/mol. The second-order valence-corrected chi connectivity index (χ2v) is 7.05. The van der Waals surface area contributed by atoms with E-state index in [9.17, 15) is 19.4 Å². The Hall–Kier alpha value is -5.33. The van der Waals surface area contributed by atoms with Gasteiger partial charge in [0.1, 0.15) is 28.7 Å². The fourth-order valence-corrected chi connectivity index (χ4v) is 3.09. The van der Waals surface area contributed by atoms with Crippen molar-refractivity contribution >= 4 is 40.8 Å². The molecular weight excluding hydrogens is 461 g/mol. The topological polar surface area (TPSA) is 172 Å². The number of furan rings is 1. The predicted octanol–water partition coefficient (Wildman–Crippen LogP) is 4.01. The molecule has 0 saturated carbocycles. The van der Waals surface area contributed by atoms with Crippen molar-refractivity contribution in [3.05, 3.63) is 71.7 Å². The van der Waals surface area contributed by atoms with Crippen molar-refractivity contribution in [1.29, 1.82) is 0 Å². The largest absolute Gasteiger partial charge is 0.507 e. The zero-order chi connectivity index (χ0) is 24.4. The predicted molar refractivity (Wildman–Crippen MR) is 121 cm³/mol. The number of fused-ring (bicyclic) bond motifs is 1. The molecule has 5 aromatic rings. The van der Waals surface area contributed by atoms with Gasteiger partial charge in [-0.2, -0.15) is 10.1 Å². The molecule has 0 spiro atoms. The molecule has 13 heteroatoms. The second kappa shape index (κ2) is 8.90. The van der Waals surface area contributed by atoms with E-state index in [0.29, 0.717) is 17.1 Å². The molecule has 0 amide bonds. The van der Waals surface area contributed by atoms with Crippen LogP contribution in [0.4, 0.5) is 21.7 Å². The molecule has 0 unspecified atom stereocenters. The number of halogens is 1. The van der Waals surface area contributed by atoms with Crippen LogP contribution in [0.5, 0.6) is 5.75 Å². The van der Waals surface area contributed by atoms with Crippen LogP contribution >= 0.6 is 0 Å². The molecule has 0 aliphatic heterocycles. The lowest BCUT2D eigenvalue weighted by Crippen LogP contribution is -2.04. The Balaban J connectivity index is 1.38. The zero-order valence-corrected chi connectivity index (χ0v) is 17.5. The van der Waals surface area contributed by atoms with Gasteiger partial charge in [0.2, 0.25) is 11.3 Å². The van der Waals surface area contributed by atoms with Crippen molar-refractivity contribution in [2.45, 2.75) is 0 Å². The van der Waals surface area contributed by atoms with Crippen molar-refractivity contribution in [2.75, 3.05) is 10.7 Å². The third-order valence-corrected chi connectivity index (χ3v) is 4.74. The number of aromatic carboxylic acids is 1. The Labute approximate surface area is 194 Å². The van der Waals surface area contributed by atoms with Crippen LogP contribution in [-0.2, 0) is 0 Å². The third kappa shape index (κ3) is 4.45. The lowest BCUT2D eigenvalue weighted by molar-refractivity contribution is 0.0693. The molecule has 2 aromatic carbocycles. The number of hydrogen-bond donors (Lipinski definition) is 4. The van der Waals surface area contributed by atoms with Crippen LogP contribution < -0.4 is 10.7 Å². The standard InChI is InChI=1S/C22H14FN7O5/c23-14-3-1-2-4-15(14)25-18-19(27-21-20(26-18)29-35-30-21)28-24-10-12-6-8-17(34-12)11-5-7-16(31)13(9-11)22(32)33/h1-10,31H,(H,32,33)(H,25,26,29)(H,27,28,30)/b24-10+. The van der Waals surface area contributed by atoms with E-state index in [1.807, 2.05) is 0 Å². The molecule has 0 bridgehead atoms. The molecule has 0 aliphatic carbocycles. The van der Waals surface area contributed by atoms with Crippen LogP contribution in [0.25, 0.3) is 22.6 Å². The van der Waals surface area contributed by atoms with Crippen LogP contribution in [0.15, 0.2) is 68.7 Å². The highest BCUT2D eigenvalue weighted by molar-refractivity contribution is 5.92. The fourth-order valence-electron chi connectivity index (χ4n) is 3.09. The summed E-state index contributed by atoms with van der Waals surface area (Å²) in [5.74, 6) is -1.17. The maximum Gasteiger partial charge on any atom is 0.339 e. The third-order valence-electron chi connectivity index (χ3n) is 4.74. The first-order chi connectivity index (χ1) is 17.0. The molecule has 12 nitrogen and oxygen atoms in total. The quantitative estimate of drug-likeness (QED) is 0.198. The number of hydrogen-bond acceptors (Lipinski definition) is 11. The van der Waals surface area contributed by atoms with Crippen molar-refractivity contribution in [3.8, 4) is 17.1 Å². The van der Waals surface area contributed by atoms with Crippen LogP contribution in [0.1, 0.15) is 16.1 Å². The van der Waals surface area contributed by atoms with Gasteiger partial charge in [0, 0.05) is 5.56 Å². The highest BCUT2D eigenvalue weighted by atomic mass is 19.1. The first-order valence-corrected chi connectivity index (χ1v) is 9.95. The van der Waals surface area contributed by atoms with E-state index in [1.165, 1.54) is 36.5 Å². The van der Waals surface area contributed by atoms with E-state index >= 15 is 0 Å². The highest BCUT2D eigenvalue weighted by Gasteiger charge is 2.15. The molecular formula is C22H14FN7O5. The summed E-state index contributed by atoms with van der Waals surface area (Å²) >= 11 is 0. The minimum absolute atomic E-state index is 0.114. The molecule has 174 valence electrons. The number of anilines is 3. The summed E-state index contributed by atoms with van der Waals surface area (Å²) in [7, 11) is 0. The number of nitrogens with one attached hydrogen (secondary N) is 2. The van der Waals surface area contributed by atoms with E-state index in [-0.39, 0.29) is 39.9 Å². The maximum atomic E-state index is 14.1. The number of nitrogens with zero attached hydrogens (tertiary/aromatic N) is 5. The number of rotatable bonds is 7. The van der Waals surface area contributed by atoms with Gasteiger partial charge in [0.15, 0.2) is 11.6 Å². The van der Waals surface area contributed by atoms with E-state index in [0.717, 1.165) is 0 Å². The Kier molecular flexibility index (Phi) is 5.47. The SMILES string of the molecule is O=C(O)c1cc(-c2ccc(/C=N/Nc3nc4nonc4nc3Nc3ccccc3F)o2)ccc1O. The summed E-state index contributed by atoms with van der Waals surface area (Å²) in [5.41, 5.74) is 3.29. The maximum absolute atomic E-state index is 14.1. The lowest BCUT2D eigenvalue weighted by Gasteiger charge is -2.09. The summed E-state index contributed by atoms with van der Waals surface area (Å²) < 4.78 is 24.4. The van der Waals surface area contributed by atoms with Gasteiger partial charge in [0.05, 0.1) is 11.9 Å². The number of aromatic nitrogens is 4. The van der Waals surface area contributed by atoms with Gasteiger partial charge in [-0.25, -0.2) is 18.8 Å². The van der Waals surface area contributed by atoms with Crippen molar-refractivity contribution in [1.82, 2.24) is 20.3 Å². The number of carboxylic acids is 1. The van der Waals surface area contributed by atoms with Gasteiger partial charge in [-0.05, 0) is 52.8 Å². The van der Waals surface area contributed by atoms with Gasteiger partial charge in [-0.3, -0.25) is 5.43 Å². The van der Waals surface area contributed by atoms with E-state index in [4.69, 9.17) is 4.42 Å². The molecule has 0 radical (unpaired) electrons. The minimum Gasteiger partial charge on any atom is -0.507 e. The number of carboxylic acid groups (broad SMARTS) is 1. The number of carbonyl (C=O) groups is 1. The monoisotopic (exact) mass is 475 g/mol. The van der Waals surface area contributed by atoms with E-state index < -0.39 is 11.8 Å². The summed E-state index contributed by atoms with van der Waals surface area (Å²) in [5, 5.41) is 33.0. The van der Waals surface area contributed by atoms with E-state index in [1.54, 1.807) is 24.3 Å². The Morgan fingerprint density at radius 3 is 2.57 bits per heavy atom. The second-order valence-electron chi connectivity index (χ2n) is 7.05. The highest BCUT2D eigenvalue weighted by Crippen LogP contribution is 2.28. The summed E-state index contributed by atoms with van der Waals surface area (Å²) in [6.07, 6.45) is 1.35. The first-order valence-electron chi connectivity index (χ1n) is 9.95. The summed E-state index contributed by atoms with van der Waals surface area (Å²) in [6, 6.07) is 13.4. The zero-order valence-electron chi connectivity index (χ0n) is 17.5. The minimum atomic E-state index is -1.26. The lowest BCUT2D eigenvalue weighted by atomic mass is 10.1. The molecule has 0 fully saturated rings. The molecule has 3 aromatic heterocycles. The number of phenols is 1.